The Morgan fingerprint density at radius 1 is 1.07 bits per heavy atom. The summed E-state index contributed by atoms with van der Waals surface area (Å²) in [5.41, 5.74) is 2.77. The lowest BCUT2D eigenvalue weighted by Crippen LogP contribution is -2.11. The molecule has 4 aromatic rings. The van der Waals surface area contributed by atoms with Gasteiger partial charge < -0.3 is 14.5 Å². The van der Waals surface area contributed by atoms with E-state index in [1.807, 2.05) is 24.3 Å². The maximum Gasteiger partial charge on any atom is 0.269 e. The lowest BCUT2D eigenvalue weighted by Gasteiger charge is -2.04. The molecule has 0 saturated heterocycles. The van der Waals surface area contributed by atoms with E-state index in [0.29, 0.717) is 28.2 Å². The quantitative estimate of drug-likeness (QED) is 0.393. The minimum atomic E-state index is -0.513. The molecule has 1 amide bonds. The summed E-state index contributed by atoms with van der Waals surface area (Å²) in [6, 6.07) is 17.9. The summed E-state index contributed by atoms with van der Waals surface area (Å²) in [7, 11) is 1.60. The van der Waals surface area contributed by atoms with Crippen molar-refractivity contribution in [2.24, 2.45) is 0 Å². The van der Waals surface area contributed by atoms with Gasteiger partial charge in [-0.2, -0.15) is 0 Å². The molecule has 4 rings (SSSR count). The number of fused-ring (bicyclic) bond motifs is 1. The van der Waals surface area contributed by atoms with E-state index in [1.54, 1.807) is 25.3 Å². The zero-order valence-corrected chi connectivity index (χ0v) is 15.3. The van der Waals surface area contributed by atoms with Gasteiger partial charge in [0.25, 0.3) is 11.6 Å². The van der Waals surface area contributed by atoms with E-state index in [0.717, 1.165) is 11.3 Å². The molecule has 8 nitrogen and oxygen atoms in total. The molecule has 0 radical (unpaired) electrons. The van der Waals surface area contributed by atoms with Crippen LogP contribution in [0.3, 0.4) is 0 Å². The van der Waals surface area contributed by atoms with Crippen LogP contribution >= 0.6 is 0 Å². The molecule has 0 fully saturated rings. The first kappa shape index (κ1) is 18.2. The molecule has 0 aliphatic carbocycles. The molecule has 0 aliphatic rings. The summed E-state index contributed by atoms with van der Waals surface area (Å²) in [5, 5.41) is 13.5. The minimum Gasteiger partial charge on any atom is -0.497 e. The molecule has 1 N–H and O–H groups in total. The first-order chi connectivity index (χ1) is 14.0. The van der Waals surface area contributed by atoms with Crippen LogP contribution in [-0.4, -0.2) is 22.9 Å². The average molecular weight is 389 g/mol. The lowest BCUT2D eigenvalue weighted by molar-refractivity contribution is -0.384. The van der Waals surface area contributed by atoms with Crippen molar-refractivity contribution >= 4 is 28.4 Å². The van der Waals surface area contributed by atoms with Crippen LogP contribution in [0.4, 0.5) is 11.4 Å². The number of hydrogen-bond donors (Lipinski definition) is 1. The van der Waals surface area contributed by atoms with Crippen molar-refractivity contribution in [1.82, 2.24) is 4.98 Å². The monoisotopic (exact) mass is 389 g/mol. The van der Waals surface area contributed by atoms with Gasteiger partial charge >= 0.3 is 0 Å². The number of nitro groups is 1. The van der Waals surface area contributed by atoms with E-state index in [1.165, 1.54) is 24.3 Å². The Labute approximate surface area is 164 Å². The number of nitrogens with zero attached hydrogens (tertiary/aromatic N) is 2. The molecule has 0 saturated carbocycles. The fourth-order valence-corrected chi connectivity index (χ4v) is 2.80. The average Bonchev–Trinajstić information content (AvgIpc) is 3.17. The van der Waals surface area contributed by atoms with Gasteiger partial charge in [0.1, 0.15) is 11.3 Å². The highest BCUT2D eigenvalue weighted by Crippen LogP contribution is 2.27. The van der Waals surface area contributed by atoms with Crippen molar-refractivity contribution in [2.75, 3.05) is 12.4 Å². The molecule has 0 bridgehead atoms. The molecule has 1 heterocycles. The van der Waals surface area contributed by atoms with Gasteiger partial charge in [0.05, 0.1) is 12.0 Å². The first-order valence-electron chi connectivity index (χ1n) is 8.64. The van der Waals surface area contributed by atoms with E-state index in [2.05, 4.69) is 10.3 Å². The standard InChI is InChI=1S/C21H15N3O5/c1-28-17-9-4-14(5-10-17)21-23-18-12-15(6-11-19(18)29-21)22-20(25)13-2-7-16(8-3-13)24(26)27/h2-12H,1H3,(H,22,25). The van der Waals surface area contributed by atoms with Crippen LogP contribution in [0.25, 0.3) is 22.6 Å². The third-order valence-electron chi connectivity index (χ3n) is 4.32. The molecule has 0 spiro atoms. The van der Waals surface area contributed by atoms with Gasteiger partial charge in [-0.15, -0.1) is 0 Å². The second-order valence-electron chi connectivity index (χ2n) is 6.19. The van der Waals surface area contributed by atoms with E-state index in [9.17, 15) is 14.9 Å². The molecule has 1 aromatic heterocycles. The highest BCUT2D eigenvalue weighted by molar-refractivity contribution is 6.05. The number of benzene rings is 3. The Hall–Kier alpha value is -4.20. The summed E-state index contributed by atoms with van der Waals surface area (Å²) < 4.78 is 10.9. The molecule has 29 heavy (non-hydrogen) atoms. The van der Waals surface area contributed by atoms with Crippen molar-refractivity contribution in [2.45, 2.75) is 0 Å². The number of non-ortho nitro benzene ring substituents is 1. The SMILES string of the molecule is COc1ccc(-c2nc3cc(NC(=O)c4ccc([N+](=O)[O-])cc4)ccc3o2)cc1. The number of aromatic nitrogens is 1. The van der Waals surface area contributed by atoms with Crippen LogP contribution in [0.2, 0.25) is 0 Å². The summed E-state index contributed by atoms with van der Waals surface area (Å²) in [6.07, 6.45) is 0. The molecular weight excluding hydrogens is 374 g/mol. The fraction of sp³-hybridized carbons (Fsp3) is 0.0476. The van der Waals surface area contributed by atoms with Crippen molar-refractivity contribution in [3.63, 3.8) is 0 Å². The number of nitrogens with one attached hydrogen (secondary N) is 1. The maximum atomic E-state index is 12.4. The first-order valence-corrected chi connectivity index (χ1v) is 8.64. The number of amides is 1. The minimum absolute atomic E-state index is 0.0726. The van der Waals surface area contributed by atoms with Crippen LogP contribution in [0.5, 0.6) is 5.75 Å². The zero-order valence-electron chi connectivity index (χ0n) is 15.3. The van der Waals surface area contributed by atoms with E-state index in [-0.39, 0.29) is 11.6 Å². The molecule has 8 heteroatoms. The van der Waals surface area contributed by atoms with Gasteiger partial charge in [0.15, 0.2) is 5.58 Å². The summed E-state index contributed by atoms with van der Waals surface area (Å²) >= 11 is 0. The Morgan fingerprint density at radius 2 is 1.79 bits per heavy atom. The predicted molar refractivity (Wildman–Crippen MR) is 107 cm³/mol. The van der Waals surface area contributed by atoms with Crippen molar-refractivity contribution in [1.29, 1.82) is 0 Å². The highest BCUT2D eigenvalue weighted by atomic mass is 16.6. The topological polar surface area (TPSA) is 108 Å². The van der Waals surface area contributed by atoms with Crippen LogP contribution < -0.4 is 10.1 Å². The van der Waals surface area contributed by atoms with Crippen molar-refractivity contribution in [3.8, 4) is 17.2 Å². The number of methoxy groups -OCH3 is 1. The third-order valence-corrected chi connectivity index (χ3v) is 4.32. The van der Waals surface area contributed by atoms with Gasteiger partial charge in [-0.3, -0.25) is 14.9 Å². The van der Waals surface area contributed by atoms with E-state index in [4.69, 9.17) is 9.15 Å². The van der Waals surface area contributed by atoms with Gasteiger partial charge in [0, 0.05) is 28.9 Å². The number of ether oxygens (including phenoxy) is 1. The number of oxazole rings is 1. The van der Waals surface area contributed by atoms with Crippen LogP contribution in [0.15, 0.2) is 71.1 Å². The number of hydrogen-bond acceptors (Lipinski definition) is 6. The molecular formula is C21H15N3O5. The Balaban J connectivity index is 1.55. The maximum absolute atomic E-state index is 12.4. The Bertz CT molecular complexity index is 1200. The number of carbonyl (C=O) groups is 1. The molecule has 3 aromatic carbocycles. The van der Waals surface area contributed by atoms with Crippen LogP contribution in [0.1, 0.15) is 10.4 Å². The van der Waals surface area contributed by atoms with Crippen LogP contribution in [-0.2, 0) is 0 Å². The number of anilines is 1. The Kier molecular flexibility index (Phi) is 4.66. The second-order valence-corrected chi connectivity index (χ2v) is 6.19. The van der Waals surface area contributed by atoms with Gasteiger partial charge in [0.2, 0.25) is 5.89 Å². The fourth-order valence-electron chi connectivity index (χ4n) is 2.80. The van der Waals surface area contributed by atoms with Crippen molar-refractivity contribution < 1.29 is 18.9 Å². The normalized spacial score (nSPS) is 10.7. The van der Waals surface area contributed by atoms with Gasteiger partial charge in [-0.05, 0) is 54.6 Å². The molecule has 0 aliphatic heterocycles. The summed E-state index contributed by atoms with van der Waals surface area (Å²) in [5.74, 6) is 0.820. The van der Waals surface area contributed by atoms with E-state index < -0.39 is 4.92 Å². The smallest absolute Gasteiger partial charge is 0.269 e. The number of nitro benzene ring substituents is 1. The zero-order chi connectivity index (χ0) is 20.4. The third kappa shape index (κ3) is 3.77. The van der Waals surface area contributed by atoms with E-state index >= 15 is 0 Å². The molecule has 0 unspecified atom stereocenters. The van der Waals surface area contributed by atoms with Crippen molar-refractivity contribution in [3.05, 3.63) is 82.4 Å². The Morgan fingerprint density at radius 3 is 2.45 bits per heavy atom. The molecule has 0 atom stereocenters. The predicted octanol–water partition coefficient (Wildman–Crippen LogP) is 4.66. The summed E-state index contributed by atoms with van der Waals surface area (Å²) in [6.45, 7) is 0. The van der Waals surface area contributed by atoms with Gasteiger partial charge in [-0.1, -0.05) is 0 Å². The lowest BCUT2D eigenvalue weighted by atomic mass is 10.2. The van der Waals surface area contributed by atoms with Gasteiger partial charge in [-0.25, -0.2) is 4.98 Å². The largest absolute Gasteiger partial charge is 0.497 e. The highest BCUT2D eigenvalue weighted by Gasteiger charge is 2.12. The number of carbonyl (C=O) groups excluding carboxylic acids is 1. The summed E-state index contributed by atoms with van der Waals surface area (Å²) in [4.78, 5) is 27.1. The number of rotatable bonds is 5. The molecule has 144 valence electrons. The second kappa shape index (κ2) is 7.43. The van der Waals surface area contributed by atoms with Crippen LogP contribution in [0, 0.1) is 10.1 Å².